The van der Waals surface area contributed by atoms with Crippen LogP contribution in [0.25, 0.3) is 0 Å². The van der Waals surface area contributed by atoms with Gasteiger partial charge in [0.25, 0.3) is 0 Å². The van der Waals surface area contributed by atoms with Crippen LogP contribution in [0, 0.1) is 5.82 Å². The first-order valence-electron chi connectivity index (χ1n) is 9.46. The van der Waals surface area contributed by atoms with Crippen LogP contribution in [0.15, 0.2) is 41.8 Å². The first-order chi connectivity index (χ1) is 14.0. The molecule has 1 aromatic carbocycles. The van der Waals surface area contributed by atoms with Crippen LogP contribution < -0.4 is 10.6 Å². The van der Waals surface area contributed by atoms with Crippen molar-refractivity contribution >= 4 is 34.9 Å². The third kappa shape index (κ3) is 4.15. The summed E-state index contributed by atoms with van der Waals surface area (Å²) in [6, 6.07) is 7.95. The number of fused-ring (bicyclic) bond motifs is 1. The van der Waals surface area contributed by atoms with Crippen molar-refractivity contribution < 1.29 is 18.8 Å². The van der Waals surface area contributed by atoms with Crippen molar-refractivity contribution in [1.82, 2.24) is 15.1 Å². The first-order valence-corrected chi connectivity index (χ1v) is 10.3. The van der Waals surface area contributed by atoms with Crippen LogP contribution in [0.4, 0.5) is 14.9 Å². The Kier molecular flexibility index (Phi) is 5.59. The standard InChI is InChI=1S/C20H21FN4O3S/c21-13-4-1-5-14(10-13)23-17(26)12-24-16-7-2-8-22-18(16)19(27)25(20(24)28)11-15-6-3-9-29-15/h1,3-6,9-10,16,18,22H,2,7-8,11-12H2,(H,23,26). The topological polar surface area (TPSA) is 81.8 Å². The van der Waals surface area contributed by atoms with E-state index in [1.54, 1.807) is 6.07 Å². The van der Waals surface area contributed by atoms with Gasteiger partial charge in [-0.25, -0.2) is 9.18 Å². The second-order valence-electron chi connectivity index (χ2n) is 7.11. The van der Waals surface area contributed by atoms with E-state index in [4.69, 9.17) is 0 Å². The molecule has 0 saturated carbocycles. The number of carbonyl (C=O) groups excluding carboxylic acids is 3. The zero-order valence-corrected chi connectivity index (χ0v) is 16.5. The number of thiophene rings is 1. The van der Waals surface area contributed by atoms with Gasteiger partial charge >= 0.3 is 6.03 Å². The molecule has 1 aromatic heterocycles. The molecule has 0 radical (unpaired) electrons. The summed E-state index contributed by atoms with van der Waals surface area (Å²) < 4.78 is 13.4. The molecule has 4 amide bonds. The Hall–Kier alpha value is -2.78. The molecule has 2 aromatic rings. The predicted molar refractivity (Wildman–Crippen MR) is 107 cm³/mol. The SMILES string of the molecule is O=C(CN1C(=O)N(Cc2cccs2)C(=O)C2NCCCC21)Nc1cccc(F)c1. The maximum Gasteiger partial charge on any atom is 0.327 e. The Balaban J connectivity index is 1.53. The fraction of sp³-hybridized carbons (Fsp3) is 0.350. The van der Waals surface area contributed by atoms with Crippen LogP contribution in [0.2, 0.25) is 0 Å². The number of halogens is 1. The molecule has 0 spiro atoms. The Labute approximate surface area is 171 Å². The van der Waals surface area contributed by atoms with Crippen molar-refractivity contribution in [3.63, 3.8) is 0 Å². The third-order valence-electron chi connectivity index (χ3n) is 5.15. The molecular formula is C20H21FN4O3S. The molecular weight excluding hydrogens is 395 g/mol. The number of anilines is 1. The van der Waals surface area contributed by atoms with E-state index in [9.17, 15) is 18.8 Å². The molecule has 2 fully saturated rings. The van der Waals surface area contributed by atoms with Crippen molar-refractivity contribution in [3.05, 3.63) is 52.5 Å². The van der Waals surface area contributed by atoms with Gasteiger partial charge in [0, 0.05) is 10.6 Å². The van der Waals surface area contributed by atoms with Gasteiger partial charge in [0.15, 0.2) is 0 Å². The summed E-state index contributed by atoms with van der Waals surface area (Å²) in [6.45, 7) is 0.673. The second-order valence-corrected chi connectivity index (χ2v) is 8.15. The molecule has 3 heterocycles. The van der Waals surface area contributed by atoms with Gasteiger partial charge in [-0.15, -0.1) is 11.3 Å². The molecule has 7 nitrogen and oxygen atoms in total. The van der Waals surface area contributed by atoms with Crippen molar-refractivity contribution in [2.45, 2.75) is 31.5 Å². The van der Waals surface area contributed by atoms with E-state index in [1.807, 2.05) is 17.5 Å². The normalized spacial score (nSPS) is 21.8. The van der Waals surface area contributed by atoms with Crippen molar-refractivity contribution in [3.8, 4) is 0 Å². The van der Waals surface area contributed by atoms with E-state index >= 15 is 0 Å². The number of hydrogen-bond acceptors (Lipinski definition) is 5. The Bertz CT molecular complexity index is 920. The monoisotopic (exact) mass is 416 g/mol. The molecule has 2 atom stereocenters. The quantitative estimate of drug-likeness (QED) is 0.784. The molecule has 29 heavy (non-hydrogen) atoms. The number of nitrogens with one attached hydrogen (secondary N) is 2. The average Bonchev–Trinajstić information content (AvgIpc) is 3.22. The summed E-state index contributed by atoms with van der Waals surface area (Å²) in [5, 5.41) is 7.71. The minimum atomic E-state index is -0.525. The lowest BCUT2D eigenvalue weighted by atomic mass is 9.93. The van der Waals surface area contributed by atoms with Gasteiger partial charge in [-0.3, -0.25) is 14.5 Å². The minimum absolute atomic E-state index is 0.183. The van der Waals surface area contributed by atoms with E-state index in [0.29, 0.717) is 18.7 Å². The molecule has 2 aliphatic heterocycles. The van der Waals surface area contributed by atoms with Crippen molar-refractivity contribution in [1.29, 1.82) is 0 Å². The molecule has 152 valence electrons. The zero-order valence-electron chi connectivity index (χ0n) is 15.6. The summed E-state index contributed by atoms with van der Waals surface area (Å²) in [5.74, 6) is -1.14. The maximum atomic E-state index is 13.4. The Morgan fingerprint density at radius 1 is 1.28 bits per heavy atom. The second kappa shape index (κ2) is 8.30. The number of piperidine rings is 1. The van der Waals surface area contributed by atoms with E-state index in [-0.39, 0.29) is 25.0 Å². The van der Waals surface area contributed by atoms with Gasteiger partial charge in [-0.2, -0.15) is 0 Å². The summed E-state index contributed by atoms with van der Waals surface area (Å²) in [4.78, 5) is 42.2. The average molecular weight is 416 g/mol. The summed E-state index contributed by atoms with van der Waals surface area (Å²) in [6.07, 6.45) is 1.46. The predicted octanol–water partition coefficient (Wildman–Crippen LogP) is 2.41. The highest BCUT2D eigenvalue weighted by atomic mass is 32.1. The van der Waals surface area contributed by atoms with Gasteiger partial charge < -0.3 is 15.5 Å². The highest BCUT2D eigenvalue weighted by molar-refractivity contribution is 7.09. The molecule has 9 heteroatoms. The molecule has 2 aliphatic rings. The fourth-order valence-electron chi connectivity index (χ4n) is 3.83. The lowest BCUT2D eigenvalue weighted by molar-refractivity contribution is -0.138. The minimum Gasteiger partial charge on any atom is -0.324 e. The lowest BCUT2D eigenvalue weighted by Gasteiger charge is -2.46. The summed E-state index contributed by atoms with van der Waals surface area (Å²) >= 11 is 1.47. The number of urea groups is 1. The maximum absolute atomic E-state index is 13.4. The number of hydrogen-bond donors (Lipinski definition) is 2. The molecule has 0 bridgehead atoms. The van der Waals surface area contributed by atoms with Crippen LogP contribution in [0.3, 0.4) is 0 Å². The van der Waals surface area contributed by atoms with Gasteiger partial charge in [-0.1, -0.05) is 12.1 Å². The van der Waals surface area contributed by atoms with Gasteiger partial charge in [0.2, 0.25) is 11.8 Å². The number of nitrogens with zero attached hydrogens (tertiary/aromatic N) is 2. The van der Waals surface area contributed by atoms with Gasteiger partial charge in [-0.05, 0) is 49.0 Å². The Morgan fingerprint density at radius 3 is 2.90 bits per heavy atom. The molecule has 2 saturated heterocycles. The van der Waals surface area contributed by atoms with Crippen LogP contribution in [0.1, 0.15) is 17.7 Å². The number of carbonyl (C=O) groups is 3. The summed E-state index contributed by atoms with van der Waals surface area (Å²) in [7, 11) is 0. The number of amides is 4. The van der Waals surface area contributed by atoms with E-state index in [1.165, 1.54) is 39.3 Å². The van der Waals surface area contributed by atoms with Crippen molar-refractivity contribution in [2.24, 2.45) is 0 Å². The van der Waals surface area contributed by atoms with Crippen LogP contribution in [-0.2, 0) is 16.1 Å². The molecule has 0 aliphatic carbocycles. The van der Waals surface area contributed by atoms with E-state index in [2.05, 4.69) is 10.6 Å². The zero-order chi connectivity index (χ0) is 20.4. The highest BCUT2D eigenvalue weighted by Gasteiger charge is 2.47. The molecule has 4 rings (SSSR count). The molecule has 2 N–H and O–H groups in total. The van der Waals surface area contributed by atoms with Crippen molar-refractivity contribution in [2.75, 3.05) is 18.4 Å². The van der Waals surface area contributed by atoms with E-state index < -0.39 is 23.8 Å². The van der Waals surface area contributed by atoms with E-state index in [0.717, 1.165) is 11.3 Å². The van der Waals surface area contributed by atoms with Gasteiger partial charge in [0.05, 0.1) is 12.6 Å². The van der Waals surface area contributed by atoms with Crippen LogP contribution >= 0.6 is 11.3 Å². The van der Waals surface area contributed by atoms with Gasteiger partial charge in [0.1, 0.15) is 18.4 Å². The third-order valence-corrected chi connectivity index (χ3v) is 6.01. The largest absolute Gasteiger partial charge is 0.327 e. The highest BCUT2D eigenvalue weighted by Crippen LogP contribution is 2.26. The lowest BCUT2D eigenvalue weighted by Crippen LogP contribution is -2.69. The summed E-state index contributed by atoms with van der Waals surface area (Å²) in [5.41, 5.74) is 0.323. The Morgan fingerprint density at radius 2 is 2.14 bits per heavy atom. The number of rotatable bonds is 5. The fourth-order valence-corrected chi connectivity index (χ4v) is 4.52. The van der Waals surface area contributed by atoms with Crippen LogP contribution in [0.5, 0.6) is 0 Å². The van der Waals surface area contributed by atoms with Crippen LogP contribution in [-0.4, -0.2) is 52.8 Å². The smallest absolute Gasteiger partial charge is 0.324 e. The molecule has 2 unspecified atom stereocenters. The number of benzene rings is 1. The number of imide groups is 1. The first kappa shape index (κ1) is 19.5.